The van der Waals surface area contributed by atoms with E-state index in [1.54, 1.807) is 0 Å². The molecule has 3 rings (SSSR count). The molecule has 0 radical (unpaired) electrons. The van der Waals surface area contributed by atoms with Gasteiger partial charge in [0.05, 0.1) is 0 Å². The second-order valence-electron chi connectivity index (χ2n) is 6.05. The first kappa shape index (κ1) is 14.3. The van der Waals surface area contributed by atoms with Crippen LogP contribution in [0, 0.1) is 5.92 Å². The van der Waals surface area contributed by atoms with Crippen LogP contribution in [0.3, 0.4) is 0 Å². The highest BCUT2D eigenvalue weighted by molar-refractivity contribution is 5.77. The van der Waals surface area contributed by atoms with Gasteiger partial charge in [0.25, 0.3) is 0 Å². The van der Waals surface area contributed by atoms with E-state index < -0.39 is 0 Å². The number of amides is 1. The lowest BCUT2D eigenvalue weighted by Gasteiger charge is -2.32. The summed E-state index contributed by atoms with van der Waals surface area (Å²) in [5.41, 5.74) is 0. The lowest BCUT2D eigenvalue weighted by Crippen LogP contribution is -2.39. The quantitative estimate of drug-likeness (QED) is 0.800. The fraction of sp³-hybridized carbons (Fsp3) is 0.688. The first-order valence-corrected chi connectivity index (χ1v) is 8.03. The fourth-order valence-corrected chi connectivity index (χ4v) is 3.21. The normalized spacial score (nSPS) is 25.5. The van der Waals surface area contributed by atoms with E-state index >= 15 is 0 Å². The van der Waals surface area contributed by atoms with Gasteiger partial charge in [0.15, 0.2) is 5.82 Å². The van der Waals surface area contributed by atoms with E-state index in [-0.39, 0.29) is 11.8 Å². The van der Waals surface area contributed by atoms with Crippen LogP contribution in [0.2, 0.25) is 0 Å². The summed E-state index contributed by atoms with van der Waals surface area (Å²) in [6, 6.07) is 0. The van der Waals surface area contributed by atoms with Crippen molar-refractivity contribution in [2.24, 2.45) is 5.92 Å². The highest BCUT2D eigenvalue weighted by atomic mass is 16.5. The average molecular weight is 289 g/mol. The van der Waals surface area contributed by atoms with Crippen molar-refractivity contribution in [3.05, 3.63) is 23.9 Å². The van der Waals surface area contributed by atoms with Gasteiger partial charge >= 0.3 is 0 Å². The van der Waals surface area contributed by atoms with Gasteiger partial charge in [-0.1, -0.05) is 24.2 Å². The maximum atomic E-state index is 12.4. The molecular weight excluding hydrogens is 266 g/mol. The van der Waals surface area contributed by atoms with E-state index in [4.69, 9.17) is 4.52 Å². The predicted octanol–water partition coefficient (Wildman–Crippen LogP) is 2.69. The van der Waals surface area contributed by atoms with Gasteiger partial charge in [-0.3, -0.25) is 4.79 Å². The number of hydrogen-bond acceptors (Lipinski definition) is 4. The molecule has 1 aromatic rings. The minimum atomic E-state index is 0.228. The molecule has 2 aliphatic rings. The molecule has 5 nitrogen and oxygen atoms in total. The van der Waals surface area contributed by atoms with Crippen molar-refractivity contribution in [3.8, 4) is 0 Å². The Morgan fingerprint density at radius 2 is 2.38 bits per heavy atom. The third-order valence-corrected chi connectivity index (χ3v) is 4.47. The zero-order valence-electron chi connectivity index (χ0n) is 12.6. The van der Waals surface area contributed by atoms with E-state index in [0.717, 1.165) is 51.0 Å². The molecule has 5 heteroatoms. The molecule has 0 bridgehead atoms. The van der Waals surface area contributed by atoms with Crippen molar-refractivity contribution in [1.29, 1.82) is 0 Å². The van der Waals surface area contributed by atoms with Crippen molar-refractivity contribution in [2.45, 2.75) is 51.4 Å². The molecule has 1 amide bonds. The molecule has 21 heavy (non-hydrogen) atoms. The van der Waals surface area contributed by atoms with Gasteiger partial charge < -0.3 is 9.42 Å². The van der Waals surface area contributed by atoms with Gasteiger partial charge in [0.1, 0.15) is 0 Å². The van der Waals surface area contributed by atoms with Gasteiger partial charge in [-0.05, 0) is 31.6 Å². The standard InChI is InChI=1S/C16H23N3O2/c1-2-14-17-16(18-21-14)13-8-5-9-19(11-13)15(20)10-12-6-3-4-7-12/h3,6,12-13H,2,4-5,7-11H2,1H3/t12-,13-/m0/s1. The smallest absolute Gasteiger partial charge is 0.226 e. The summed E-state index contributed by atoms with van der Waals surface area (Å²) < 4.78 is 5.20. The molecule has 1 aliphatic heterocycles. The Morgan fingerprint density at radius 3 is 3.10 bits per heavy atom. The molecule has 1 aromatic heterocycles. The van der Waals surface area contributed by atoms with Crippen molar-refractivity contribution in [3.63, 3.8) is 0 Å². The second-order valence-corrected chi connectivity index (χ2v) is 6.05. The summed E-state index contributed by atoms with van der Waals surface area (Å²) in [7, 11) is 0. The van der Waals surface area contributed by atoms with Crippen molar-refractivity contribution in [2.75, 3.05) is 13.1 Å². The Balaban J connectivity index is 1.59. The van der Waals surface area contributed by atoms with Crippen LogP contribution in [-0.2, 0) is 11.2 Å². The van der Waals surface area contributed by atoms with E-state index in [1.165, 1.54) is 0 Å². The second kappa shape index (κ2) is 6.41. The third kappa shape index (κ3) is 3.34. The molecule has 1 fully saturated rings. The Labute approximate surface area is 125 Å². The summed E-state index contributed by atoms with van der Waals surface area (Å²) in [5, 5.41) is 4.07. The molecular formula is C16H23N3O2. The molecule has 1 aliphatic carbocycles. The molecule has 0 N–H and O–H groups in total. The number of allylic oxidation sites excluding steroid dienone is 2. The van der Waals surface area contributed by atoms with E-state index in [0.29, 0.717) is 18.2 Å². The summed E-state index contributed by atoms with van der Waals surface area (Å²) in [6.45, 7) is 3.60. The van der Waals surface area contributed by atoms with Gasteiger partial charge in [-0.2, -0.15) is 4.98 Å². The lowest BCUT2D eigenvalue weighted by molar-refractivity contribution is -0.133. The SMILES string of the molecule is CCc1nc([C@H]2CCCN(C(=O)C[C@H]3C=CCC3)C2)no1. The fourth-order valence-electron chi connectivity index (χ4n) is 3.21. The number of aromatic nitrogens is 2. The number of rotatable bonds is 4. The number of likely N-dealkylation sites (tertiary alicyclic amines) is 1. The number of piperidine rings is 1. The van der Waals surface area contributed by atoms with Gasteiger partial charge in [-0.15, -0.1) is 0 Å². The zero-order chi connectivity index (χ0) is 14.7. The van der Waals surface area contributed by atoms with Crippen molar-refractivity contribution < 1.29 is 9.32 Å². The first-order valence-electron chi connectivity index (χ1n) is 8.03. The van der Waals surface area contributed by atoms with Gasteiger partial charge in [0, 0.05) is 31.8 Å². The molecule has 0 aromatic carbocycles. The van der Waals surface area contributed by atoms with Crippen LogP contribution in [0.15, 0.2) is 16.7 Å². The number of aryl methyl sites for hydroxylation is 1. The average Bonchev–Trinajstić information content (AvgIpc) is 3.18. The molecule has 0 spiro atoms. The zero-order valence-corrected chi connectivity index (χ0v) is 12.6. The van der Waals surface area contributed by atoms with Crippen LogP contribution in [0.25, 0.3) is 0 Å². The monoisotopic (exact) mass is 289 g/mol. The van der Waals surface area contributed by atoms with E-state index in [2.05, 4.69) is 22.3 Å². The summed E-state index contributed by atoms with van der Waals surface area (Å²) in [6.07, 6.45) is 10.1. The number of hydrogen-bond donors (Lipinski definition) is 0. The van der Waals surface area contributed by atoms with Crippen LogP contribution in [0.5, 0.6) is 0 Å². The molecule has 2 heterocycles. The van der Waals surface area contributed by atoms with Gasteiger partial charge in [0.2, 0.25) is 11.8 Å². The number of carbonyl (C=O) groups excluding carboxylic acids is 1. The number of carbonyl (C=O) groups is 1. The van der Waals surface area contributed by atoms with Gasteiger partial charge in [-0.25, -0.2) is 0 Å². The summed E-state index contributed by atoms with van der Waals surface area (Å²) >= 11 is 0. The van der Waals surface area contributed by atoms with E-state index in [9.17, 15) is 4.79 Å². The Hall–Kier alpha value is -1.65. The van der Waals surface area contributed by atoms with Crippen LogP contribution in [0.1, 0.15) is 56.7 Å². The van der Waals surface area contributed by atoms with E-state index in [1.807, 2.05) is 11.8 Å². The highest BCUT2D eigenvalue weighted by Gasteiger charge is 2.28. The van der Waals surface area contributed by atoms with Crippen LogP contribution in [0.4, 0.5) is 0 Å². The van der Waals surface area contributed by atoms with Crippen LogP contribution < -0.4 is 0 Å². The molecule has 1 saturated heterocycles. The topological polar surface area (TPSA) is 59.2 Å². The molecule has 114 valence electrons. The minimum absolute atomic E-state index is 0.228. The van der Waals surface area contributed by atoms with Crippen molar-refractivity contribution >= 4 is 5.91 Å². The summed E-state index contributed by atoms with van der Waals surface area (Å²) in [5.74, 6) is 2.39. The Morgan fingerprint density at radius 1 is 1.48 bits per heavy atom. The minimum Gasteiger partial charge on any atom is -0.342 e. The molecule has 2 atom stereocenters. The third-order valence-electron chi connectivity index (χ3n) is 4.47. The van der Waals surface area contributed by atoms with Crippen LogP contribution >= 0.6 is 0 Å². The van der Waals surface area contributed by atoms with Crippen molar-refractivity contribution in [1.82, 2.24) is 15.0 Å². The summed E-state index contributed by atoms with van der Waals surface area (Å²) in [4.78, 5) is 18.8. The predicted molar refractivity (Wildman–Crippen MR) is 78.7 cm³/mol. The highest BCUT2D eigenvalue weighted by Crippen LogP contribution is 2.27. The maximum Gasteiger partial charge on any atom is 0.226 e. The molecule has 0 saturated carbocycles. The lowest BCUT2D eigenvalue weighted by atomic mass is 9.96. The van der Waals surface area contributed by atoms with Crippen LogP contribution in [-0.4, -0.2) is 34.0 Å². The Kier molecular flexibility index (Phi) is 4.36. The first-order chi connectivity index (χ1) is 10.3. The number of nitrogens with zero attached hydrogens (tertiary/aromatic N) is 3. The maximum absolute atomic E-state index is 12.4. The largest absolute Gasteiger partial charge is 0.342 e. The Bertz CT molecular complexity index is 523. The molecule has 0 unspecified atom stereocenters.